The molecule has 7 heteroatoms. The summed E-state index contributed by atoms with van der Waals surface area (Å²) >= 11 is 15.3. The van der Waals surface area contributed by atoms with Crippen molar-refractivity contribution >= 4 is 49.0 Å². The van der Waals surface area contributed by atoms with Gasteiger partial charge in [0.2, 0.25) is 0 Å². The maximum absolute atomic E-state index is 11.2. The highest BCUT2D eigenvalue weighted by Gasteiger charge is 2.19. The summed E-state index contributed by atoms with van der Waals surface area (Å²) in [5.41, 5.74) is 0.628. The van der Waals surface area contributed by atoms with E-state index in [2.05, 4.69) is 15.9 Å². The van der Waals surface area contributed by atoms with E-state index in [4.69, 9.17) is 27.9 Å². The van der Waals surface area contributed by atoms with Crippen LogP contribution in [0.5, 0.6) is 5.75 Å². The number of hydrogen-bond acceptors (Lipinski definition) is 3. The topological polar surface area (TPSA) is 43.4 Å². The van der Waals surface area contributed by atoms with Crippen LogP contribution in [-0.2, 0) is 9.84 Å². The Hall–Kier alpha value is 0.0300. The van der Waals surface area contributed by atoms with Gasteiger partial charge < -0.3 is 4.74 Å². The zero-order chi connectivity index (χ0) is 13.2. The standard InChI is InChI=1S/C10H11BrCl2O3S/c1-16-10-4-8(12)6(3-9(10)13)7(11)5-17(2,14)15/h3-4,7H,5H2,1-2H3. The lowest BCUT2D eigenvalue weighted by atomic mass is 10.1. The number of benzene rings is 1. The van der Waals surface area contributed by atoms with Crippen LogP contribution in [0.15, 0.2) is 12.1 Å². The first-order chi connectivity index (χ1) is 7.74. The van der Waals surface area contributed by atoms with E-state index in [-0.39, 0.29) is 5.75 Å². The summed E-state index contributed by atoms with van der Waals surface area (Å²) in [5, 5.41) is 0.807. The second-order valence-corrected chi connectivity index (χ2v) is 7.67. The van der Waals surface area contributed by atoms with E-state index in [0.717, 1.165) is 0 Å². The normalized spacial score (nSPS) is 13.5. The van der Waals surface area contributed by atoms with Gasteiger partial charge in [-0.3, -0.25) is 0 Å². The number of rotatable bonds is 4. The highest BCUT2D eigenvalue weighted by Crippen LogP contribution is 2.37. The highest BCUT2D eigenvalue weighted by molar-refractivity contribution is 9.09. The van der Waals surface area contributed by atoms with E-state index in [1.807, 2.05) is 0 Å². The molecule has 0 aliphatic rings. The predicted molar refractivity (Wildman–Crippen MR) is 74.4 cm³/mol. The van der Waals surface area contributed by atoms with Gasteiger partial charge in [0.25, 0.3) is 0 Å². The van der Waals surface area contributed by atoms with Crippen molar-refractivity contribution in [3.8, 4) is 5.75 Å². The lowest BCUT2D eigenvalue weighted by molar-refractivity contribution is 0.415. The molecule has 0 amide bonds. The Morgan fingerprint density at radius 1 is 1.35 bits per heavy atom. The molecule has 0 saturated heterocycles. The van der Waals surface area contributed by atoms with Crippen LogP contribution in [0.2, 0.25) is 10.0 Å². The van der Waals surface area contributed by atoms with E-state index in [1.54, 1.807) is 12.1 Å². The van der Waals surface area contributed by atoms with Crippen LogP contribution in [0.25, 0.3) is 0 Å². The molecule has 0 fully saturated rings. The summed E-state index contributed by atoms with van der Waals surface area (Å²) in [4.78, 5) is -0.395. The number of hydrogen-bond donors (Lipinski definition) is 0. The largest absolute Gasteiger partial charge is 0.495 e. The second-order valence-electron chi connectivity index (χ2n) is 3.57. The van der Waals surface area contributed by atoms with Crippen molar-refractivity contribution in [2.45, 2.75) is 4.83 Å². The van der Waals surface area contributed by atoms with E-state index in [9.17, 15) is 8.42 Å². The van der Waals surface area contributed by atoms with Gasteiger partial charge in [0, 0.05) is 17.3 Å². The molecule has 1 rings (SSSR count). The van der Waals surface area contributed by atoms with Gasteiger partial charge in [0.1, 0.15) is 15.6 Å². The third kappa shape index (κ3) is 4.32. The fourth-order valence-corrected chi connectivity index (χ4v) is 4.49. The van der Waals surface area contributed by atoms with Crippen LogP contribution in [0.1, 0.15) is 10.4 Å². The van der Waals surface area contributed by atoms with E-state index >= 15 is 0 Å². The van der Waals surface area contributed by atoms with Crippen molar-refractivity contribution in [1.29, 1.82) is 0 Å². The smallest absolute Gasteiger partial charge is 0.148 e. The molecule has 0 aromatic heterocycles. The molecule has 96 valence electrons. The first-order valence-electron chi connectivity index (χ1n) is 4.59. The van der Waals surface area contributed by atoms with Crippen molar-refractivity contribution in [2.24, 2.45) is 0 Å². The number of sulfone groups is 1. The lowest BCUT2D eigenvalue weighted by Crippen LogP contribution is -2.09. The Balaban J connectivity index is 3.11. The van der Waals surface area contributed by atoms with Gasteiger partial charge in [-0.25, -0.2) is 8.42 Å². The summed E-state index contributed by atoms with van der Waals surface area (Å²) in [6.07, 6.45) is 1.17. The monoisotopic (exact) mass is 360 g/mol. The van der Waals surface area contributed by atoms with Crippen LogP contribution in [0, 0.1) is 0 Å². The number of methoxy groups -OCH3 is 1. The Kier molecular flexibility index (Phi) is 5.13. The Bertz CT molecular complexity index is 517. The molecule has 1 atom stereocenters. The van der Waals surface area contributed by atoms with E-state index in [1.165, 1.54) is 13.4 Å². The highest BCUT2D eigenvalue weighted by atomic mass is 79.9. The SMILES string of the molecule is COc1cc(Cl)c(C(Br)CS(C)(=O)=O)cc1Cl. The van der Waals surface area contributed by atoms with Gasteiger partial charge in [-0.2, -0.15) is 0 Å². The second kappa shape index (κ2) is 5.78. The average molecular weight is 362 g/mol. The van der Waals surface area contributed by atoms with Crippen LogP contribution >= 0.6 is 39.1 Å². The summed E-state index contributed by atoms with van der Waals surface area (Å²) in [5.74, 6) is 0.412. The fraction of sp³-hybridized carbons (Fsp3) is 0.400. The minimum absolute atomic E-state index is 0.0463. The molecule has 0 aliphatic carbocycles. The third-order valence-corrected chi connectivity index (χ3v) is 4.86. The van der Waals surface area contributed by atoms with Gasteiger partial charge in [0.05, 0.1) is 22.7 Å². The van der Waals surface area contributed by atoms with Crippen LogP contribution in [0.3, 0.4) is 0 Å². The molecule has 1 unspecified atom stereocenters. The van der Waals surface area contributed by atoms with Crippen molar-refractivity contribution in [2.75, 3.05) is 19.1 Å². The molecule has 17 heavy (non-hydrogen) atoms. The predicted octanol–water partition coefficient (Wildman–Crippen LogP) is 3.48. The van der Waals surface area contributed by atoms with Crippen LogP contribution in [0.4, 0.5) is 0 Å². The summed E-state index contributed by atoms with van der Waals surface area (Å²) in [7, 11) is -1.61. The molecule has 0 spiro atoms. The van der Waals surface area contributed by atoms with Gasteiger partial charge in [-0.15, -0.1) is 0 Å². The van der Waals surface area contributed by atoms with Crippen molar-refractivity contribution in [3.63, 3.8) is 0 Å². The van der Waals surface area contributed by atoms with Crippen molar-refractivity contribution in [1.82, 2.24) is 0 Å². The molecule has 3 nitrogen and oxygen atoms in total. The molecule has 0 heterocycles. The average Bonchev–Trinajstić information content (AvgIpc) is 2.18. The number of halogens is 3. The molecule has 0 radical (unpaired) electrons. The van der Waals surface area contributed by atoms with Gasteiger partial charge in [-0.05, 0) is 11.6 Å². The fourth-order valence-electron chi connectivity index (χ4n) is 1.30. The molecule has 1 aromatic rings. The molecule has 0 aliphatic heterocycles. The molecular weight excluding hydrogens is 351 g/mol. The van der Waals surface area contributed by atoms with E-state index < -0.39 is 14.7 Å². The third-order valence-electron chi connectivity index (χ3n) is 2.06. The van der Waals surface area contributed by atoms with Crippen molar-refractivity contribution in [3.05, 3.63) is 27.7 Å². The quantitative estimate of drug-likeness (QED) is 0.771. The first kappa shape index (κ1) is 15.1. The molecule has 0 N–H and O–H groups in total. The van der Waals surface area contributed by atoms with Gasteiger partial charge in [-0.1, -0.05) is 39.1 Å². The summed E-state index contributed by atoms with van der Waals surface area (Å²) < 4.78 is 27.4. The Labute approximate surface area is 119 Å². The minimum Gasteiger partial charge on any atom is -0.495 e. The maximum atomic E-state index is 11.2. The Morgan fingerprint density at radius 3 is 2.41 bits per heavy atom. The van der Waals surface area contributed by atoms with Crippen LogP contribution < -0.4 is 4.74 Å². The number of alkyl halides is 1. The zero-order valence-corrected chi connectivity index (χ0v) is 13.1. The van der Waals surface area contributed by atoms with Gasteiger partial charge in [0.15, 0.2) is 0 Å². The number of ether oxygens (including phenoxy) is 1. The minimum atomic E-state index is -3.10. The first-order valence-corrected chi connectivity index (χ1v) is 8.32. The Morgan fingerprint density at radius 2 is 1.94 bits per heavy atom. The zero-order valence-electron chi connectivity index (χ0n) is 9.21. The molecule has 1 aromatic carbocycles. The van der Waals surface area contributed by atoms with Gasteiger partial charge >= 0.3 is 0 Å². The van der Waals surface area contributed by atoms with Crippen molar-refractivity contribution < 1.29 is 13.2 Å². The molecular formula is C10H11BrCl2O3S. The molecule has 0 bridgehead atoms. The maximum Gasteiger partial charge on any atom is 0.148 e. The molecule has 0 saturated carbocycles. The summed E-state index contributed by atoms with van der Waals surface area (Å²) in [6, 6.07) is 3.17. The van der Waals surface area contributed by atoms with Crippen LogP contribution in [-0.4, -0.2) is 27.5 Å². The lowest BCUT2D eigenvalue weighted by Gasteiger charge is -2.13. The summed E-state index contributed by atoms with van der Waals surface area (Å²) in [6.45, 7) is 0. The van der Waals surface area contributed by atoms with E-state index in [0.29, 0.717) is 21.4 Å².